The molecule has 8 heteroatoms. The lowest BCUT2D eigenvalue weighted by Gasteiger charge is -2.17. The molecular formula is C29H34N6O2. The first-order chi connectivity index (χ1) is 18.0. The number of aromatic amines is 1. The molecule has 0 radical (unpaired) electrons. The van der Waals surface area contributed by atoms with Crippen LogP contribution >= 0.6 is 0 Å². The topological polar surface area (TPSA) is 95.2 Å². The number of likely N-dealkylation sites (tertiary alicyclic amines) is 1. The zero-order valence-electron chi connectivity index (χ0n) is 21.5. The maximum atomic E-state index is 12.8. The second-order valence-corrected chi connectivity index (χ2v) is 9.90. The van der Waals surface area contributed by atoms with Crippen LogP contribution in [0.2, 0.25) is 0 Å². The monoisotopic (exact) mass is 498 g/mol. The number of H-pyrrole nitrogens is 1. The van der Waals surface area contributed by atoms with Crippen molar-refractivity contribution in [3.05, 3.63) is 88.2 Å². The van der Waals surface area contributed by atoms with Gasteiger partial charge < -0.3 is 25.3 Å². The highest BCUT2D eigenvalue weighted by molar-refractivity contribution is 5.86. The highest BCUT2D eigenvalue weighted by atomic mass is 16.5. The summed E-state index contributed by atoms with van der Waals surface area (Å²) in [5, 5.41) is 6.82. The molecule has 2 fully saturated rings. The Bertz CT molecular complexity index is 1340. The standard InChI is InChI=1S/C29H34N6O2/c1-19(26-15-31-16-27(34-26)37-3)12-22-8-10-32-29(36)28(22)20(2)33-25-6-4-21(5-7-25)9-11-35-17-23-13-30-14-24(23)18-35/h4-8,10,12,15-16,23-24,30,33H,2,9,11,13-14,17-18H2,1,3H3,(H,32,36)/b19-12+. The van der Waals surface area contributed by atoms with Gasteiger partial charge in [0.15, 0.2) is 0 Å². The minimum atomic E-state index is -0.210. The molecule has 0 aliphatic carbocycles. The summed E-state index contributed by atoms with van der Waals surface area (Å²) in [7, 11) is 1.56. The van der Waals surface area contributed by atoms with E-state index in [4.69, 9.17) is 4.74 Å². The molecule has 2 unspecified atom stereocenters. The second-order valence-electron chi connectivity index (χ2n) is 9.90. The van der Waals surface area contributed by atoms with Crippen LogP contribution in [-0.4, -0.2) is 59.7 Å². The largest absolute Gasteiger partial charge is 0.480 e. The van der Waals surface area contributed by atoms with Gasteiger partial charge in [0.2, 0.25) is 5.88 Å². The summed E-state index contributed by atoms with van der Waals surface area (Å²) in [5.74, 6) is 2.09. The maximum Gasteiger partial charge on any atom is 0.257 e. The number of benzene rings is 1. The maximum absolute atomic E-state index is 12.8. The third-order valence-corrected chi connectivity index (χ3v) is 7.32. The van der Waals surface area contributed by atoms with E-state index in [1.807, 2.05) is 31.2 Å². The Morgan fingerprint density at radius 3 is 2.68 bits per heavy atom. The van der Waals surface area contributed by atoms with Gasteiger partial charge in [-0.15, -0.1) is 0 Å². The van der Waals surface area contributed by atoms with E-state index in [2.05, 4.69) is 49.2 Å². The first-order valence-corrected chi connectivity index (χ1v) is 12.7. The SMILES string of the molecule is C=C(Nc1ccc(CCN2CC3CNCC3C2)cc1)c1c(/C=C(\C)c2cncc(OC)n2)cc[nH]c1=O. The predicted molar refractivity (Wildman–Crippen MR) is 148 cm³/mol. The van der Waals surface area contributed by atoms with Crippen LogP contribution in [0.5, 0.6) is 5.88 Å². The Morgan fingerprint density at radius 1 is 1.19 bits per heavy atom. The highest BCUT2D eigenvalue weighted by Crippen LogP contribution is 2.27. The lowest BCUT2D eigenvalue weighted by atomic mass is 10.0. The predicted octanol–water partition coefficient (Wildman–Crippen LogP) is 3.51. The second kappa shape index (κ2) is 11.1. The molecular weight excluding hydrogens is 464 g/mol. The summed E-state index contributed by atoms with van der Waals surface area (Å²) in [6, 6.07) is 10.2. The molecule has 3 N–H and O–H groups in total. The Labute approximate surface area is 217 Å². The quantitative estimate of drug-likeness (QED) is 0.416. The van der Waals surface area contributed by atoms with Crippen molar-refractivity contribution in [1.29, 1.82) is 0 Å². The summed E-state index contributed by atoms with van der Waals surface area (Å²) in [4.78, 5) is 26.8. The fraction of sp³-hybridized carbons (Fsp3) is 0.345. The highest BCUT2D eigenvalue weighted by Gasteiger charge is 2.35. The number of ether oxygens (including phenoxy) is 1. The third kappa shape index (κ3) is 5.81. The van der Waals surface area contributed by atoms with Crippen LogP contribution < -0.4 is 20.9 Å². The number of methoxy groups -OCH3 is 1. The van der Waals surface area contributed by atoms with Gasteiger partial charge in [-0.1, -0.05) is 18.7 Å². The fourth-order valence-corrected chi connectivity index (χ4v) is 5.28. The Morgan fingerprint density at radius 2 is 1.95 bits per heavy atom. The summed E-state index contributed by atoms with van der Waals surface area (Å²) < 4.78 is 5.18. The number of hydrogen-bond donors (Lipinski definition) is 3. The van der Waals surface area contributed by atoms with Crippen LogP contribution in [0.25, 0.3) is 17.3 Å². The van der Waals surface area contributed by atoms with Gasteiger partial charge in [-0.05, 0) is 79.2 Å². The zero-order chi connectivity index (χ0) is 25.8. The van der Waals surface area contributed by atoms with E-state index in [9.17, 15) is 4.79 Å². The number of nitrogens with one attached hydrogen (secondary N) is 3. The molecule has 2 aliphatic rings. The molecule has 5 rings (SSSR count). The van der Waals surface area contributed by atoms with Crippen molar-refractivity contribution in [2.24, 2.45) is 11.8 Å². The average molecular weight is 499 g/mol. The first-order valence-electron chi connectivity index (χ1n) is 12.7. The first kappa shape index (κ1) is 24.9. The van der Waals surface area contributed by atoms with Gasteiger partial charge in [-0.2, -0.15) is 0 Å². The van der Waals surface area contributed by atoms with Gasteiger partial charge in [0.25, 0.3) is 5.56 Å². The van der Waals surface area contributed by atoms with E-state index in [1.54, 1.807) is 25.7 Å². The van der Waals surface area contributed by atoms with Crippen molar-refractivity contribution >= 4 is 23.0 Å². The number of nitrogens with zero attached hydrogens (tertiary/aromatic N) is 3. The van der Waals surface area contributed by atoms with Gasteiger partial charge in [0.05, 0.1) is 30.8 Å². The average Bonchev–Trinajstić information content (AvgIpc) is 3.50. The molecule has 2 atom stereocenters. The van der Waals surface area contributed by atoms with Crippen LogP contribution in [0.4, 0.5) is 5.69 Å². The van der Waals surface area contributed by atoms with E-state index in [-0.39, 0.29) is 5.56 Å². The molecule has 1 aromatic carbocycles. The van der Waals surface area contributed by atoms with E-state index >= 15 is 0 Å². The molecule has 2 saturated heterocycles. The van der Waals surface area contributed by atoms with Gasteiger partial charge in [0, 0.05) is 37.2 Å². The minimum absolute atomic E-state index is 0.210. The number of aromatic nitrogens is 3. The molecule has 0 amide bonds. The minimum Gasteiger partial charge on any atom is -0.480 e. The zero-order valence-corrected chi connectivity index (χ0v) is 21.5. The van der Waals surface area contributed by atoms with E-state index < -0.39 is 0 Å². The number of hydrogen-bond acceptors (Lipinski definition) is 7. The van der Waals surface area contributed by atoms with E-state index in [0.29, 0.717) is 22.8 Å². The molecule has 192 valence electrons. The molecule has 0 spiro atoms. The number of anilines is 1. The van der Waals surface area contributed by atoms with Crippen molar-refractivity contribution in [3.8, 4) is 5.88 Å². The van der Waals surface area contributed by atoms with Crippen LogP contribution in [0.3, 0.4) is 0 Å². The third-order valence-electron chi connectivity index (χ3n) is 7.32. The van der Waals surface area contributed by atoms with E-state index in [1.165, 1.54) is 31.7 Å². The molecule has 0 bridgehead atoms. The van der Waals surface area contributed by atoms with Crippen molar-refractivity contribution in [2.45, 2.75) is 13.3 Å². The fourth-order valence-electron chi connectivity index (χ4n) is 5.28. The summed E-state index contributed by atoms with van der Waals surface area (Å²) in [5.41, 5.74) is 5.27. The van der Waals surface area contributed by atoms with Crippen molar-refractivity contribution in [1.82, 2.24) is 25.2 Å². The normalized spacial score (nSPS) is 19.6. The lowest BCUT2D eigenvalue weighted by molar-refractivity contribution is 0.317. The molecule has 3 aromatic rings. The van der Waals surface area contributed by atoms with Crippen LogP contribution in [0.1, 0.15) is 29.3 Å². The van der Waals surface area contributed by atoms with Crippen molar-refractivity contribution in [2.75, 3.05) is 45.2 Å². The number of allylic oxidation sites excluding steroid dienone is 1. The summed E-state index contributed by atoms with van der Waals surface area (Å²) >= 11 is 0. The van der Waals surface area contributed by atoms with Crippen molar-refractivity contribution in [3.63, 3.8) is 0 Å². The van der Waals surface area contributed by atoms with Gasteiger partial charge in [0.1, 0.15) is 0 Å². The van der Waals surface area contributed by atoms with Crippen LogP contribution in [0, 0.1) is 11.8 Å². The summed E-state index contributed by atoms with van der Waals surface area (Å²) in [6.45, 7) is 11.9. The molecule has 37 heavy (non-hydrogen) atoms. The molecule has 2 aromatic heterocycles. The summed E-state index contributed by atoms with van der Waals surface area (Å²) in [6.07, 6.45) is 7.80. The molecule has 0 saturated carbocycles. The Hall–Kier alpha value is -3.75. The molecule has 8 nitrogen and oxygen atoms in total. The van der Waals surface area contributed by atoms with Gasteiger partial charge in [-0.25, -0.2) is 4.98 Å². The Balaban J connectivity index is 1.25. The van der Waals surface area contributed by atoms with E-state index in [0.717, 1.165) is 41.6 Å². The number of fused-ring (bicyclic) bond motifs is 1. The van der Waals surface area contributed by atoms with Gasteiger partial charge >= 0.3 is 0 Å². The smallest absolute Gasteiger partial charge is 0.257 e. The van der Waals surface area contributed by atoms with Crippen molar-refractivity contribution < 1.29 is 4.74 Å². The Kier molecular flexibility index (Phi) is 7.48. The van der Waals surface area contributed by atoms with Crippen LogP contribution in [-0.2, 0) is 6.42 Å². The van der Waals surface area contributed by atoms with Crippen LogP contribution in [0.15, 0.2) is 60.3 Å². The molecule has 2 aliphatic heterocycles. The number of rotatable bonds is 9. The van der Waals surface area contributed by atoms with Gasteiger partial charge in [-0.3, -0.25) is 9.78 Å². The molecule has 4 heterocycles. The number of pyridine rings is 1. The lowest BCUT2D eigenvalue weighted by Crippen LogP contribution is -2.27.